The van der Waals surface area contributed by atoms with Gasteiger partial charge in [-0.25, -0.2) is 8.42 Å². The van der Waals surface area contributed by atoms with Gasteiger partial charge in [-0.2, -0.15) is 0 Å². The minimum absolute atomic E-state index is 0.0211. The molecule has 0 radical (unpaired) electrons. The molecule has 2 aromatic heterocycles. The summed E-state index contributed by atoms with van der Waals surface area (Å²) in [6.07, 6.45) is 6.62. The molecule has 1 N–H and O–H groups in total. The van der Waals surface area contributed by atoms with Gasteiger partial charge in [-0.15, -0.1) is 0 Å². The molecule has 2 aromatic rings. The van der Waals surface area contributed by atoms with E-state index in [-0.39, 0.29) is 10.6 Å². The van der Waals surface area contributed by atoms with Crippen molar-refractivity contribution in [2.75, 3.05) is 11.6 Å². The molecule has 0 atom stereocenters. The van der Waals surface area contributed by atoms with E-state index in [9.17, 15) is 13.2 Å². The van der Waals surface area contributed by atoms with Gasteiger partial charge in [0, 0.05) is 31.0 Å². The molecule has 0 unspecified atom stereocenters. The fraction of sp³-hybridized carbons (Fsp3) is 0.0833. The second-order valence-corrected chi connectivity index (χ2v) is 5.82. The van der Waals surface area contributed by atoms with Crippen LogP contribution >= 0.6 is 0 Å². The highest BCUT2D eigenvalue weighted by Crippen LogP contribution is 2.19. The zero-order valence-corrected chi connectivity index (χ0v) is 10.9. The fourth-order valence-electron chi connectivity index (χ4n) is 1.47. The van der Waals surface area contributed by atoms with Crippen molar-refractivity contribution in [3.63, 3.8) is 0 Å². The first-order valence-electron chi connectivity index (χ1n) is 5.34. The van der Waals surface area contributed by atoms with Gasteiger partial charge in [0.1, 0.15) is 4.90 Å². The maximum Gasteiger partial charge on any atom is 0.257 e. The number of hydrogen-bond acceptors (Lipinski definition) is 5. The Morgan fingerprint density at radius 2 is 1.89 bits per heavy atom. The van der Waals surface area contributed by atoms with Crippen LogP contribution in [0.4, 0.5) is 5.69 Å². The third kappa shape index (κ3) is 3.14. The summed E-state index contributed by atoms with van der Waals surface area (Å²) in [7, 11) is -3.45. The molecule has 7 heteroatoms. The highest BCUT2D eigenvalue weighted by molar-refractivity contribution is 7.90. The summed E-state index contributed by atoms with van der Waals surface area (Å²) < 4.78 is 23.1. The summed E-state index contributed by atoms with van der Waals surface area (Å²) in [5, 5.41) is 2.54. The van der Waals surface area contributed by atoms with Crippen molar-refractivity contribution in [1.82, 2.24) is 9.97 Å². The number of anilines is 1. The topological polar surface area (TPSA) is 89.0 Å². The van der Waals surface area contributed by atoms with Crippen LogP contribution in [-0.2, 0) is 9.84 Å². The van der Waals surface area contributed by atoms with Gasteiger partial charge in [-0.3, -0.25) is 14.8 Å². The van der Waals surface area contributed by atoms with Gasteiger partial charge in [-0.1, -0.05) is 0 Å². The summed E-state index contributed by atoms with van der Waals surface area (Å²) in [5.74, 6) is -0.427. The zero-order chi connectivity index (χ0) is 13.9. The molecule has 6 nitrogen and oxygen atoms in total. The van der Waals surface area contributed by atoms with Crippen molar-refractivity contribution in [1.29, 1.82) is 0 Å². The molecule has 98 valence electrons. The summed E-state index contributed by atoms with van der Waals surface area (Å²) in [6, 6.07) is 4.65. The van der Waals surface area contributed by atoms with E-state index in [1.54, 1.807) is 18.3 Å². The number of sulfone groups is 1. The molecular formula is C12H11N3O3S. The minimum Gasteiger partial charge on any atom is -0.321 e. The molecule has 19 heavy (non-hydrogen) atoms. The van der Waals surface area contributed by atoms with Crippen LogP contribution in [0.3, 0.4) is 0 Å². The van der Waals surface area contributed by atoms with E-state index in [4.69, 9.17) is 0 Å². The minimum atomic E-state index is -3.45. The van der Waals surface area contributed by atoms with E-state index in [1.807, 2.05) is 0 Å². The Hall–Kier alpha value is -2.28. The fourth-order valence-corrected chi connectivity index (χ4v) is 2.24. The van der Waals surface area contributed by atoms with Gasteiger partial charge < -0.3 is 5.32 Å². The van der Waals surface area contributed by atoms with Crippen LogP contribution in [0, 0.1) is 0 Å². The average Bonchev–Trinajstić information content (AvgIpc) is 2.39. The predicted octanol–water partition coefficient (Wildman–Crippen LogP) is 1.13. The summed E-state index contributed by atoms with van der Waals surface area (Å²) in [5.41, 5.74) is 0.546. The Kier molecular flexibility index (Phi) is 3.57. The van der Waals surface area contributed by atoms with Crippen molar-refractivity contribution in [3.05, 3.63) is 48.5 Å². The van der Waals surface area contributed by atoms with Crippen molar-refractivity contribution >= 4 is 21.4 Å². The molecule has 2 rings (SSSR count). The first kappa shape index (κ1) is 13.2. The van der Waals surface area contributed by atoms with Crippen molar-refractivity contribution in [2.24, 2.45) is 0 Å². The van der Waals surface area contributed by atoms with Gasteiger partial charge in [0.2, 0.25) is 0 Å². The van der Waals surface area contributed by atoms with E-state index < -0.39 is 15.7 Å². The average molecular weight is 277 g/mol. The number of amides is 1. The van der Waals surface area contributed by atoms with Gasteiger partial charge in [0.25, 0.3) is 5.91 Å². The molecule has 0 fully saturated rings. The first-order valence-corrected chi connectivity index (χ1v) is 7.23. The van der Waals surface area contributed by atoms with E-state index >= 15 is 0 Å². The van der Waals surface area contributed by atoms with E-state index in [2.05, 4.69) is 15.3 Å². The van der Waals surface area contributed by atoms with E-state index in [1.165, 1.54) is 24.7 Å². The van der Waals surface area contributed by atoms with E-state index in [0.717, 1.165) is 6.26 Å². The van der Waals surface area contributed by atoms with Crippen LogP contribution in [0.15, 0.2) is 47.9 Å². The number of carbonyl (C=O) groups excluding carboxylic acids is 1. The van der Waals surface area contributed by atoms with Gasteiger partial charge in [-0.05, 0) is 18.2 Å². The SMILES string of the molecule is CS(=O)(=O)c1cnccc1NC(=O)c1cccnc1. The van der Waals surface area contributed by atoms with Crippen LogP contribution in [0.5, 0.6) is 0 Å². The highest BCUT2D eigenvalue weighted by Gasteiger charge is 2.15. The number of pyridine rings is 2. The monoisotopic (exact) mass is 277 g/mol. The van der Waals surface area contributed by atoms with Crippen LogP contribution in [0.2, 0.25) is 0 Å². The Balaban J connectivity index is 2.33. The molecule has 0 bridgehead atoms. The lowest BCUT2D eigenvalue weighted by atomic mass is 10.2. The number of carbonyl (C=O) groups is 1. The number of rotatable bonds is 3. The number of nitrogens with zero attached hydrogens (tertiary/aromatic N) is 2. The van der Waals surface area contributed by atoms with Crippen LogP contribution in [0.1, 0.15) is 10.4 Å². The van der Waals surface area contributed by atoms with Crippen LogP contribution in [0.25, 0.3) is 0 Å². The van der Waals surface area contributed by atoms with Crippen molar-refractivity contribution in [2.45, 2.75) is 4.90 Å². The molecule has 2 heterocycles. The number of hydrogen-bond donors (Lipinski definition) is 1. The lowest BCUT2D eigenvalue weighted by Crippen LogP contribution is -2.14. The lowest BCUT2D eigenvalue weighted by Gasteiger charge is -2.08. The van der Waals surface area contributed by atoms with E-state index in [0.29, 0.717) is 5.56 Å². The van der Waals surface area contributed by atoms with Crippen molar-refractivity contribution in [3.8, 4) is 0 Å². The zero-order valence-electron chi connectivity index (χ0n) is 10.1. The largest absolute Gasteiger partial charge is 0.321 e. The first-order chi connectivity index (χ1) is 8.98. The third-order valence-corrected chi connectivity index (χ3v) is 3.48. The highest BCUT2D eigenvalue weighted by atomic mass is 32.2. The smallest absolute Gasteiger partial charge is 0.257 e. The molecule has 0 saturated heterocycles. The van der Waals surface area contributed by atoms with Crippen LogP contribution < -0.4 is 5.32 Å². The molecule has 0 aliphatic heterocycles. The third-order valence-electron chi connectivity index (χ3n) is 2.36. The quantitative estimate of drug-likeness (QED) is 0.908. The molecule has 0 saturated carbocycles. The van der Waals surface area contributed by atoms with Gasteiger partial charge in [0.15, 0.2) is 9.84 Å². The normalized spacial score (nSPS) is 11.0. The Morgan fingerprint density at radius 3 is 2.53 bits per heavy atom. The standard InChI is InChI=1S/C12H11N3O3S/c1-19(17,18)11-8-14-6-4-10(11)15-12(16)9-3-2-5-13-7-9/h2-8H,1H3,(H,14,15,16). The maximum atomic E-state index is 11.9. The molecular weight excluding hydrogens is 266 g/mol. The summed E-state index contributed by atoms with van der Waals surface area (Å²) >= 11 is 0. The lowest BCUT2D eigenvalue weighted by molar-refractivity contribution is 0.102. The summed E-state index contributed by atoms with van der Waals surface area (Å²) in [6.45, 7) is 0. The number of nitrogens with one attached hydrogen (secondary N) is 1. The second kappa shape index (κ2) is 5.15. The number of aromatic nitrogens is 2. The predicted molar refractivity (Wildman–Crippen MR) is 69.5 cm³/mol. The second-order valence-electron chi connectivity index (χ2n) is 3.84. The van der Waals surface area contributed by atoms with Gasteiger partial charge >= 0.3 is 0 Å². The Bertz CT molecular complexity index is 699. The Morgan fingerprint density at radius 1 is 1.16 bits per heavy atom. The molecule has 0 aliphatic rings. The molecule has 0 aliphatic carbocycles. The molecule has 1 amide bonds. The Labute approximate surface area is 110 Å². The van der Waals surface area contributed by atoms with Gasteiger partial charge in [0.05, 0.1) is 11.3 Å². The molecule has 0 spiro atoms. The summed E-state index contributed by atoms with van der Waals surface area (Å²) in [4.78, 5) is 19.5. The maximum absolute atomic E-state index is 11.9. The molecule has 0 aromatic carbocycles. The van der Waals surface area contributed by atoms with Crippen LogP contribution in [-0.4, -0.2) is 30.5 Å². The van der Waals surface area contributed by atoms with Crippen molar-refractivity contribution < 1.29 is 13.2 Å².